The van der Waals surface area contributed by atoms with Gasteiger partial charge in [0.1, 0.15) is 11.6 Å². The summed E-state index contributed by atoms with van der Waals surface area (Å²) in [6.45, 7) is 5.17. The maximum Gasteiger partial charge on any atom is 0.130 e. The Hall–Kier alpha value is -1.94. The Morgan fingerprint density at radius 3 is 2.86 bits per heavy atom. The predicted octanol–water partition coefficient (Wildman–Crippen LogP) is 2.86. The van der Waals surface area contributed by atoms with Crippen molar-refractivity contribution in [1.82, 2.24) is 15.3 Å². The fourth-order valence-electron chi connectivity index (χ4n) is 2.76. The molecule has 0 bridgehead atoms. The lowest BCUT2D eigenvalue weighted by Crippen LogP contribution is -2.33. The smallest absolute Gasteiger partial charge is 0.130 e. The Labute approximate surface area is 126 Å². The van der Waals surface area contributed by atoms with Crippen LogP contribution in [0.4, 0.5) is 5.82 Å². The highest BCUT2D eigenvalue weighted by Crippen LogP contribution is 2.20. The molecule has 0 aliphatic carbocycles. The second kappa shape index (κ2) is 6.68. The number of hydrogen-bond donors (Lipinski definition) is 2. The van der Waals surface area contributed by atoms with Gasteiger partial charge in [-0.25, -0.2) is 9.97 Å². The number of nitrogens with zero attached hydrogens (tertiary/aromatic N) is 2. The SMILES string of the molecule is Cc1nc(NCC2CCCNC2)cc(-c2ccccc2)n1. The Kier molecular flexibility index (Phi) is 4.46. The standard InChI is InChI=1S/C17H22N4/c1-13-20-16(15-7-3-2-4-8-15)10-17(21-13)19-12-14-6-5-9-18-11-14/h2-4,7-8,10,14,18H,5-6,9,11-12H2,1H3,(H,19,20,21). The summed E-state index contributed by atoms with van der Waals surface area (Å²) in [5.74, 6) is 2.42. The molecular formula is C17H22N4. The van der Waals surface area contributed by atoms with Crippen LogP contribution in [-0.2, 0) is 0 Å². The number of anilines is 1. The van der Waals surface area contributed by atoms with Gasteiger partial charge < -0.3 is 10.6 Å². The first-order chi connectivity index (χ1) is 10.3. The van der Waals surface area contributed by atoms with Crippen LogP contribution in [0.2, 0.25) is 0 Å². The summed E-state index contributed by atoms with van der Waals surface area (Å²) in [6.07, 6.45) is 2.56. The van der Waals surface area contributed by atoms with Gasteiger partial charge in [-0.05, 0) is 38.8 Å². The van der Waals surface area contributed by atoms with Gasteiger partial charge in [0.2, 0.25) is 0 Å². The van der Waals surface area contributed by atoms with E-state index in [2.05, 4.69) is 32.7 Å². The van der Waals surface area contributed by atoms with Crippen LogP contribution in [-0.4, -0.2) is 29.6 Å². The topological polar surface area (TPSA) is 49.8 Å². The van der Waals surface area contributed by atoms with Crippen molar-refractivity contribution in [3.8, 4) is 11.3 Å². The number of rotatable bonds is 4. The van der Waals surface area contributed by atoms with Crippen molar-refractivity contribution in [1.29, 1.82) is 0 Å². The van der Waals surface area contributed by atoms with Crippen LogP contribution in [0.1, 0.15) is 18.7 Å². The molecule has 3 rings (SSSR count). The molecule has 110 valence electrons. The van der Waals surface area contributed by atoms with Gasteiger partial charge in [0.15, 0.2) is 0 Å². The van der Waals surface area contributed by atoms with Gasteiger partial charge in [-0.2, -0.15) is 0 Å². The van der Waals surface area contributed by atoms with E-state index in [1.54, 1.807) is 0 Å². The minimum atomic E-state index is 0.689. The number of nitrogens with one attached hydrogen (secondary N) is 2. The highest BCUT2D eigenvalue weighted by Gasteiger charge is 2.13. The number of aryl methyl sites for hydroxylation is 1. The van der Waals surface area contributed by atoms with E-state index in [9.17, 15) is 0 Å². The molecule has 2 heterocycles. The minimum absolute atomic E-state index is 0.689. The van der Waals surface area contributed by atoms with E-state index in [1.165, 1.54) is 12.8 Å². The fourth-order valence-corrected chi connectivity index (χ4v) is 2.76. The maximum atomic E-state index is 4.54. The van der Waals surface area contributed by atoms with E-state index in [4.69, 9.17) is 0 Å². The van der Waals surface area contributed by atoms with Gasteiger partial charge in [-0.1, -0.05) is 30.3 Å². The van der Waals surface area contributed by atoms with Crippen LogP contribution in [0.3, 0.4) is 0 Å². The maximum absolute atomic E-state index is 4.54. The van der Waals surface area contributed by atoms with Crippen LogP contribution in [0.5, 0.6) is 0 Å². The number of benzene rings is 1. The lowest BCUT2D eigenvalue weighted by Gasteiger charge is -2.23. The summed E-state index contributed by atoms with van der Waals surface area (Å²) in [5.41, 5.74) is 2.11. The predicted molar refractivity (Wildman–Crippen MR) is 86.3 cm³/mol. The molecule has 1 aliphatic rings. The first-order valence-corrected chi connectivity index (χ1v) is 7.67. The van der Waals surface area contributed by atoms with Crippen molar-refractivity contribution in [2.24, 2.45) is 5.92 Å². The number of aromatic nitrogens is 2. The van der Waals surface area contributed by atoms with Crippen LogP contribution in [0.15, 0.2) is 36.4 Å². The van der Waals surface area contributed by atoms with Gasteiger partial charge in [-0.15, -0.1) is 0 Å². The van der Waals surface area contributed by atoms with Crippen molar-refractivity contribution in [3.05, 3.63) is 42.2 Å². The monoisotopic (exact) mass is 282 g/mol. The van der Waals surface area contributed by atoms with Crippen molar-refractivity contribution in [3.63, 3.8) is 0 Å². The average Bonchev–Trinajstić information content (AvgIpc) is 2.54. The van der Waals surface area contributed by atoms with E-state index in [-0.39, 0.29) is 0 Å². The second-order valence-corrected chi connectivity index (χ2v) is 5.64. The van der Waals surface area contributed by atoms with Gasteiger partial charge in [-0.3, -0.25) is 0 Å². The van der Waals surface area contributed by atoms with E-state index in [0.29, 0.717) is 5.92 Å². The molecule has 1 aliphatic heterocycles. The summed E-state index contributed by atoms with van der Waals surface area (Å²) in [4.78, 5) is 9.04. The first kappa shape index (κ1) is 14.0. The highest BCUT2D eigenvalue weighted by atomic mass is 15.0. The molecule has 1 unspecified atom stereocenters. The second-order valence-electron chi connectivity index (χ2n) is 5.64. The van der Waals surface area contributed by atoms with E-state index in [1.807, 2.05) is 31.2 Å². The molecule has 0 amide bonds. The summed E-state index contributed by atoms with van der Waals surface area (Å²) < 4.78 is 0. The van der Waals surface area contributed by atoms with E-state index in [0.717, 1.165) is 42.5 Å². The first-order valence-electron chi connectivity index (χ1n) is 7.67. The fraction of sp³-hybridized carbons (Fsp3) is 0.412. The van der Waals surface area contributed by atoms with Gasteiger partial charge in [0, 0.05) is 18.2 Å². The zero-order valence-corrected chi connectivity index (χ0v) is 12.5. The Morgan fingerprint density at radius 1 is 1.24 bits per heavy atom. The molecule has 1 saturated heterocycles. The minimum Gasteiger partial charge on any atom is -0.370 e. The molecule has 4 heteroatoms. The largest absolute Gasteiger partial charge is 0.370 e. The van der Waals surface area contributed by atoms with Crippen LogP contribution >= 0.6 is 0 Å². The van der Waals surface area contributed by atoms with Crippen molar-refractivity contribution in [2.75, 3.05) is 25.0 Å². The molecule has 1 atom stereocenters. The summed E-state index contributed by atoms with van der Waals surface area (Å²) in [7, 11) is 0. The average molecular weight is 282 g/mol. The van der Waals surface area contributed by atoms with Gasteiger partial charge in [0.25, 0.3) is 0 Å². The molecule has 0 saturated carbocycles. The lowest BCUT2D eigenvalue weighted by atomic mass is 10.00. The zero-order valence-electron chi connectivity index (χ0n) is 12.5. The van der Waals surface area contributed by atoms with Crippen LogP contribution in [0, 0.1) is 12.8 Å². The summed E-state index contributed by atoms with van der Waals surface area (Å²) in [5, 5.41) is 6.92. The van der Waals surface area contributed by atoms with Gasteiger partial charge in [0.05, 0.1) is 5.69 Å². The van der Waals surface area contributed by atoms with Gasteiger partial charge >= 0.3 is 0 Å². The molecule has 2 aromatic rings. The molecule has 2 N–H and O–H groups in total. The molecule has 0 radical (unpaired) electrons. The highest BCUT2D eigenvalue weighted by molar-refractivity contribution is 5.62. The van der Waals surface area contributed by atoms with E-state index >= 15 is 0 Å². The van der Waals surface area contributed by atoms with Crippen molar-refractivity contribution >= 4 is 5.82 Å². The summed E-state index contributed by atoms with van der Waals surface area (Å²) >= 11 is 0. The van der Waals surface area contributed by atoms with Crippen molar-refractivity contribution in [2.45, 2.75) is 19.8 Å². The van der Waals surface area contributed by atoms with Crippen LogP contribution in [0.25, 0.3) is 11.3 Å². The summed E-state index contributed by atoms with van der Waals surface area (Å²) in [6, 6.07) is 12.3. The molecule has 1 aromatic heterocycles. The quantitative estimate of drug-likeness (QED) is 0.905. The Bertz CT molecular complexity index is 577. The lowest BCUT2D eigenvalue weighted by molar-refractivity contribution is 0.392. The third kappa shape index (κ3) is 3.79. The molecular weight excluding hydrogens is 260 g/mol. The number of piperidine rings is 1. The van der Waals surface area contributed by atoms with Crippen molar-refractivity contribution < 1.29 is 0 Å². The third-order valence-corrected chi connectivity index (χ3v) is 3.88. The third-order valence-electron chi connectivity index (χ3n) is 3.88. The zero-order chi connectivity index (χ0) is 14.5. The molecule has 1 fully saturated rings. The molecule has 1 aromatic carbocycles. The Balaban J connectivity index is 1.72. The van der Waals surface area contributed by atoms with Crippen LogP contribution < -0.4 is 10.6 Å². The number of hydrogen-bond acceptors (Lipinski definition) is 4. The molecule has 21 heavy (non-hydrogen) atoms. The van der Waals surface area contributed by atoms with E-state index < -0.39 is 0 Å². The Morgan fingerprint density at radius 2 is 2.10 bits per heavy atom. The molecule has 4 nitrogen and oxygen atoms in total. The molecule has 0 spiro atoms. The normalized spacial score (nSPS) is 18.4.